The Morgan fingerprint density at radius 1 is 1.30 bits per heavy atom. The molecule has 5 heteroatoms. The second kappa shape index (κ2) is 5.61. The van der Waals surface area contributed by atoms with Crippen LogP contribution in [0.3, 0.4) is 0 Å². The lowest BCUT2D eigenvalue weighted by atomic mass is 9.96. The molecule has 0 spiro atoms. The molecule has 2 heterocycles. The second-order valence-electron chi connectivity index (χ2n) is 6.00. The Bertz CT molecular complexity index is 580. The van der Waals surface area contributed by atoms with Gasteiger partial charge < -0.3 is 5.32 Å². The highest BCUT2D eigenvalue weighted by molar-refractivity contribution is 5.35. The summed E-state index contributed by atoms with van der Waals surface area (Å²) < 4.78 is 1.86. The standard InChI is InChI=1S/C15H23N5/c1-6-12-11(10-20(5)19-12)9-17-13-7-8-16-14(18-13)15(2,3)4/h7-8,10H,6,9H2,1-5H3,(H,16,17,18). The van der Waals surface area contributed by atoms with Crippen molar-refractivity contribution in [1.82, 2.24) is 19.7 Å². The third-order valence-corrected chi connectivity index (χ3v) is 3.11. The first-order chi connectivity index (χ1) is 9.40. The molecule has 0 aliphatic rings. The zero-order valence-electron chi connectivity index (χ0n) is 12.9. The van der Waals surface area contributed by atoms with Crippen LogP contribution in [0.1, 0.15) is 44.8 Å². The molecule has 0 fully saturated rings. The van der Waals surface area contributed by atoms with Gasteiger partial charge in [-0.1, -0.05) is 27.7 Å². The summed E-state index contributed by atoms with van der Waals surface area (Å²) >= 11 is 0. The summed E-state index contributed by atoms with van der Waals surface area (Å²) in [6.45, 7) is 9.19. The largest absolute Gasteiger partial charge is 0.366 e. The van der Waals surface area contributed by atoms with Crippen molar-refractivity contribution in [3.05, 3.63) is 35.5 Å². The fourth-order valence-corrected chi connectivity index (χ4v) is 2.03. The van der Waals surface area contributed by atoms with E-state index in [9.17, 15) is 0 Å². The van der Waals surface area contributed by atoms with Crippen molar-refractivity contribution >= 4 is 5.82 Å². The van der Waals surface area contributed by atoms with Gasteiger partial charge in [0.15, 0.2) is 0 Å². The summed E-state index contributed by atoms with van der Waals surface area (Å²) in [6, 6.07) is 1.90. The Hall–Kier alpha value is -1.91. The van der Waals surface area contributed by atoms with Crippen LogP contribution in [-0.4, -0.2) is 19.7 Å². The van der Waals surface area contributed by atoms with Crippen molar-refractivity contribution < 1.29 is 0 Å². The molecule has 0 bridgehead atoms. The third kappa shape index (κ3) is 3.35. The summed E-state index contributed by atoms with van der Waals surface area (Å²) in [5.74, 6) is 1.71. The zero-order chi connectivity index (χ0) is 14.8. The summed E-state index contributed by atoms with van der Waals surface area (Å²) in [4.78, 5) is 8.91. The number of nitrogens with zero attached hydrogens (tertiary/aromatic N) is 4. The van der Waals surface area contributed by atoms with E-state index in [1.165, 1.54) is 5.56 Å². The van der Waals surface area contributed by atoms with Crippen molar-refractivity contribution in [3.8, 4) is 0 Å². The van der Waals surface area contributed by atoms with Crippen LogP contribution >= 0.6 is 0 Å². The zero-order valence-corrected chi connectivity index (χ0v) is 12.9. The van der Waals surface area contributed by atoms with E-state index in [-0.39, 0.29) is 5.41 Å². The van der Waals surface area contributed by atoms with Crippen molar-refractivity contribution in [2.45, 2.75) is 46.1 Å². The van der Waals surface area contributed by atoms with Gasteiger partial charge in [-0.05, 0) is 12.5 Å². The molecule has 0 atom stereocenters. The van der Waals surface area contributed by atoms with Crippen LogP contribution in [0.25, 0.3) is 0 Å². The normalized spacial score (nSPS) is 11.7. The average Bonchev–Trinajstić information content (AvgIpc) is 2.76. The maximum absolute atomic E-state index is 4.57. The van der Waals surface area contributed by atoms with Gasteiger partial charge in [0.1, 0.15) is 11.6 Å². The monoisotopic (exact) mass is 273 g/mol. The van der Waals surface area contributed by atoms with Gasteiger partial charge in [-0.2, -0.15) is 5.10 Å². The predicted octanol–water partition coefficient (Wildman–Crippen LogP) is 2.68. The summed E-state index contributed by atoms with van der Waals surface area (Å²) in [5.41, 5.74) is 2.30. The molecular formula is C15H23N5. The lowest BCUT2D eigenvalue weighted by Gasteiger charge is -2.17. The molecule has 2 aromatic rings. The van der Waals surface area contributed by atoms with E-state index < -0.39 is 0 Å². The fraction of sp³-hybridized carbons (Fsp3) is 0.533. The highest BCUT2D eigenvalue weighted by atomic mass is 15.3. The van der Waals surface area contributed by atoms with Crippen LogP contribution in [0.5, 0.6) is 0 Å². The van der Waals surface area contributed by atoms with Gasteiger partial charge in [-0.3, -0.25) is 4.68 Å². The number of aryl methyl sites for hydroxylation is 2. The molecule has 0 amide bonds. The van der Waals surface area contributed by atoms with Gasteiger partial charge >= 0.3 is 0 Å². The number of nitrogens with one attached hydrogen (secondary N) is 1. The Labute approximate surface area is 120 Å². The SMILES string of the molecule is CCc1nn(C)cc1CNc1ccnc(C(C)(C)C)n1. The molecule has 0 unspecified atom stereocenters. The summed E-state index contributed by atoms with van der Waals surface area (Å²) in [6.07, 6.45) is 4.80. The molecule has 0 aromatic carbocycles. The van der Waals surface area contributed by atoms with Gasteiger partial charge in [0.2, 0.25) is 0 Å². The molecule has 0 saturated carbocycles. The number of aromatic nitrogens is 4. The highest BCUT2D eigenvalue weighted by Gasteiger charge is 2.17. The van der Waals surface area contributed by atoms with Crippen molar-refractivity contribution in [2.24, 2.45) is 7.05 Å². The topological polar surface area (TPSA) is 55.6 Å². The molecule has 0 radical (unpaired) electrons. The van der Waals surface area contributed by atoms with E-state index in [0.717, 1.165) is 30.3 Å². The second-order valence-corrected chi connectivity index (χ2v) is 6.00. The van der Waals surface area contributed by atoms with Crippen LogP contribution in [0.4, 0.5) is 5.82 Å². The Kier molecular flexibility index (Phi) is 4.06. The lowest BCUT2D eigenvalue weighted by molar-refractivity contribution is 0.546. The molecule has 0 aliphatic heterocycles. The molecule has 20 heavy (non-hydrogen) atoms. The summed E-state index contributed by atoms with van der Waals surface area (Å²) in [7, 11) is 1.95. The van der Waals surface area contributed by atoms with Crippen molar-refractivity contribution in [1.29, 1.82) is 0 Å². The molecule has 0 saturated heterocycles. The minimum Gasteiger partial charge on any atom is -0.366 e. The van der Waals surface area contributed by atoms with Crippen LogP contribution in [0.15, 0.2) is 18.5 Å². The van der Waals surface area contributed by atoms with E-state index >= 15 is 0 Å². The Balaban J connectivity index is 2.11. The van der Waals surface area contributed by atoms with Crippen molar-refractivity contribution in [3.63, 3.8) is 0 Å². The maximum atomic E-state index is 4.57. The first-order valence-corrected chi connectivity index (χ1v) is 6.99. The predicted molar refractivity (Wildman–Crippen MR) is 80.6 cm³/mol. The van der Waals surface area contributed by atoms with E-state index in [2.05, 4.69) is 54.3 Å². The number of anilines is 1. The number of rotatable bonds is 4. The first kappa shape index (κ1) is 14.5. The van der Waals surface area contributed by atoms with Gasteiger partial charge in [0, 0.05) is 37.0 Å². The van der Waals surface area contributed by atoms with Gasteiger partial charge in [-0.15, -0.1) is 0 Å². The Morgan fingerprint density at radius 3 is 2.70 bits per heavy atom. The van der Waals surface area contributed by atoms with E-state index in [0.29, 0.717) is 0 Å². The van der Waals surface area contributed by atoms with Crippen LogP contribution < -0.4 is 5.32 Å². The number of hydrogen-bond acceptors (Lipinski definition) is 4. The van der Waals surface area contributed by atoms with E-state index in [1.807, 2.05) is 17.8 Å². The van der Waals surface area contributed by atoms with Crippen LogP contribution in [0, 0.1) is 0 Å². The molecule has 2 rings (SSSR count). The Morgan fingerprint density at radius 2 is 2.05 bits per heavy atom. The quantitative estimate of drug-likeness (QED) is 0.930. The molecule has 0 aliphatic carbocycles. The smallest absolute Gasteiger partial charge is 0.135 e. The van der Waals surface area contributed by atoms with E-state index in [1.54, 1.807) is 6.20 Å². The molecule has 2 aromatic heterocycles. The maximum Gasteiger partial charge on any atom is 0.135 e. The number of hydrogen-bond donors (Lipinski definition) is 1. The minimum absolute atomic E-state index is 0.0411. The lowest BCUT2D eigenvalue weighted by Crippen LogP contribution is -2.16. The highest BCUT2D eigenvalue weighted by Crippen LogP contribution is 2.19. The van der Waals surface area contributed by atoms with Gasteiger partial charge in [-0.25, -0.2) is 9.97 Å². The molecule has 108 valence electrons. The fourth-order valence-electron chi connectivity index (χ4n) is 2.03. The first-order valence-electron chi connectivity index (χ1n) is 6.99. The third-order valence-electron chi connectivity index (χ3n) is 3.11. The van der Waals surface area contributed by atoms with E-state index in [4.69, 9.17) is 0 Å². The van der Waals surface area contributed by atoms with Crippen molar-refractivity contribution in [2.75, 3.05) is 5.32 Å². The summed E-state index contributed by atoms with van der Waals surface area (Å²) in [5, 5.41) is 7.80. The molecule has 5 nitrogen and oxygen atoms in total. The average molecular weight is 273 g/mol. The van der Waals surface area contributed by atoms with Crippen LogP contribution in [0.2, 0.25) is 0 Å². The van der Waals surface area contributed by atoms with Gasteiger partial charge in [0.05, 0.1) is 5.69 Å². The van der Waals surface area contributed by atoms with Crippen LogP contribution in [-0.2, 0) is 25.4 Å². The minimum atomic E-state index is -0.0411. The van der Waals surface area contributed by atoms with Gasteiger partial charge in [0.25, 0.3) is 0 Å². The molecule has 1 N–H and O–H groups in total. The molecular weight excluding hydrogens is 250 g/mol.